The minimum absolute atomic E-state index is 0.0616. The molecule has 2 saturated heterocycles. The van der Waals surface area contributed by atoms with Crippen LogP contribution in [0.2, 0.25) is 0 Å². The van der Waals surface area contributed by atoms with E-state index in [2.05, 4.69) is 15.3 Å². The smallest absolute Gasteiger partial charge is 0.231 e. The molecule has 0 bridgehead atoms. The fourth-order valence-corrected chi connectivity index (χ4v) is 7.81. The molecule has 1 aromatic heterocycles. The second-order valence-corrected chi connectivity index (χ2v) is 12.4. The van der Waals surface area contributed by atoms with Gasteiger partial charge < -0.3 is 10.1 Å². The van der Waals surface area contributed by atoms with Crippen LogP contribution >= 0.6 is 0 Å². The Balaban J connectivity index is 1.38. The Morgan fingerprint density at radius 2 is 1.90 bits per heavy atom. The van der Waals surface area contributed by atoms with Crippen molar-refractivity contribution >= 4 is 15.9 Å². The standard InChI is InChI=1S/C29H33FN4O4S/c1-21-7-10-27(22-5-3-2-4-6-22)39(36,37)34(21)20-23-8-9-24(17-26(23)30)29(11-15-38-16-12-29)28(35)33-19-25-18-31-13-14-32-25/h2-6,8-9,13-14,17-18,21,27H,7,10-12,15-16,19-20H2,1H3,(H,33,35)/t21-,27+/m0/s1. The molecule has 3 aromatic rings. The van der Waals surface area contributed by atoms with E-state index in [1.807, 2.05) is 37.3 Å². The Bertz CT molecular complexity index is 1400. The maximum atomic E-state index is 15.6. The number of nitrogens with zero attached hydrogens (tertiary/aromatic N) is 3. The highest BCUT2D eigenvalue weighted by molar-refractivity contribution is 7.89. The number of carbonyl (C=O) groups excluding carboxylic acids is 1. The van der Waals surface area contributed by atoms with Crippen molar-refractivity contribution in [2.75, 3.05) is 13.2 Å². The number of hydrogen-bond acceptors (Lipinski definition) is 6. The van der Waals surface area contributed by atoms with Crippen molar-refractivity contribution in [3.63, 3.8) is 0 Å². The minimum atomic E-state index is -3.70. The topological polar surface area (TPSA) is 101 Å². The van der Waals surface area contributed by atoms with E-state index >= 15 is 4.39 Å². The third-order valence-electron chi connectivity index (χ3n) is 7.96. The Morgan fingerprint density at radius 3 is 2.59 bits per heavy atom. The maximum Gasteiger partial charge on any atom is 0.231 e. The van der Waals surface area contributed by atoms with Gasteiger partial charge in [0.05, 0.1) is 23.9 Å². The molecule has 206 valence electrons. The molecule has 0 radical (unpaired) electrons. The molecule has 0 unspecified atom stereocenters. The van der Waals surface area contributed by atoms with Gasteiger partial charge in [-0.1, -0.05) is 42.5 Å². The number of nitrogens with one attached hydrogen (secondary N) is 1. The van der Waals surface area contributed by atoms with Crippen LogP contribution in [0.4, 0.5) is 4.39 Å². The summed E-state index contributed by atoms with van der Waals surface area (Å²) in [5.74, 6) is -0.745. The second-order valence-electron chi connectivity index (χ2n) is 10.3. The summed E-state index contributed by atoms with van der Waals surface area (Å²) in [6.45, 7) is 2.78. The lowest BCUT2D eigenvalue weighted by Crippen LogP contribution is -2.48. The number of rotatable bonds is 7. The number of carbonyl (C=O) groups is 1. The molecule has 0 aliphatic carbocycles. The van der Waals surface area contributed by atoms with Crippen molar-refractivity contribution in [2.24, 2.45) is 0 Å². The lowest BCUT2D eigenvalue weighted by atomic mass is 9.73. The van der Waals surface area contributed by atoms with Crippen molar-refractivity contribution < 1.29 is 22.3 Å². The van der Waals surface area contributed by atoms with Gasteiger partial charge >= 0.3 is 0 Å². The SMILES string of the molecule is C[C@H]1CC[C@H](c2ccccc2)S(=O)(=O)N1Cc1ccc(C2(C(=O)NCc3cnccn3)CCOCC2)cc1F. The highest BCUT2D eigenvalue weighted by atomic mass is 32.2. The van der Waals surface area contributed by atoms with Crippen molar-refractivity contribution in [3.05, 3.63) is 95.3 Å². The number of hydrogen-bond donors (Lipinski definition) is 1. The Morgan fingerprint density at radius 1 is 1.13 bits per heavy atom. The van der Waals surface area contributed by atoms with Crippen LogP contribution in [-0.2, 0) is 38.1 Å². The first-order valence-electron chi connectivity index (χ1n) is 13.3. The van der Waals surface area contributed by atoms with E-state index in [0.29, 0.717) is 50.2 Å². The molecule has 3 heterocycles. The molecular formula is C29H33FN4O4S. The first kappa shape index (κ1) is 27.4. The first-order valence-corrected chi connectivity index (χ1v) is 14.8. The van der Waals surface area contributed by atoms with Gasteiger partial charge in [-0.3, -0.25) is 14.8 Å². The molecule has 5 rings (SSSR count). The monoisotopic (exact) mass is 552 g/mol. The zero-order chi connectivity index (χ0) is 27.5. The van der Waals surface area contributed by atoms with E-state index in [0.717, 1.165) is 5.56 Å². The van der Waals surface area contributed by atoms with Gasteiger partial charge in [0.15, 0.2) is 0 Å². The number of amides is 1. The van der Waals surface area contributed by atoms with Crippen LogP contribution < -0.4 is 5.32 Å². The molecule has 10 heteroatoms. The van der Waals surface area contributed by atoms with Crippen LogP contribution in [0.3, 0.4) is 0 Å². The van der Waals surface area contributed by atoms with Crippen LogP contribution in [0.25, 0.3) is 0 Å². The first-order chi connectivity index (χ1) is 18.8. The highest BCUT2D eigenvalue weighted by Gasteiger charge is 2.43. The normalized spacial score (nSPS) is 22.7. The molecule has 0 spiro atoms. The van der Waals surface area contributed by atoms with Crippen LogP contribution in [-0.4, -0.2) is 47.9 Å². The third-order valence-corrected chi connectivity index (χ3v) is 10.3. The van der Waals surface area contributed by atoms with Gasteiger partial charge in [-0.05, 0) is 49.8 Å². The lowest BCUT2D eigenvalue weighted by Gasteiger charge is -2.38. The van der Waals surface area contributed by atoms with Gasteiger partial charge in [0, 0.05) is 43.8 Å². The summed E-state index contributed by atoms with van der Waals surface area (Å²) in [7, 11) is -3.70. The Labute approximate surface area is 228 Å². The van der Waals surface area contributed by atoms with Gasteiger partial charge in [-0.25, -0.2) is 12.8 Å². The van der Waals surface area contributed by atoms with E-state index < -0.39 is 26.5 Å². The summed E-state index contributed by atoms with van der Waals surface area (Å²) in [5.41, 5.74) is 1.26. The zero-order valence-corrected chi connectivity index (χ0v) is 22.7. The van der Waals surface area contributed by atoms with Crippen LogP contribution in [0.1, 0.15) is 60.2 Å². The van der Waals surface area contributed by atoms with E-state index in [9.17, 15) is 13.2 Å². The lowest BCUT2D eigenvalue weighted by molar-refractivity contribution is -0.130. The summed E-state index contributed by atoms with van der Waals surface area (Å²) < 4.78 is 49.8. The van der Waals surface area contributed by atoms with Gasteiger partial charge in [-0.15, -0.1) is 0 Å². The Hall–Kier alpha value is -3.21. The summed E-state index contributed by atoms with van der Waals surface area (Å²) in [6, 6.07) is 13.7. The summed E-state index contributed by atoms with van der Waals surface area (Å²) in [6.07, 6.45) is 6.75. The fourth-order valence-electron chi connectivity index (χ4n) is 5.62. The average Bonchev–Trinajstić information content (AvgIpc) is 2.96. The van der Waals surface area contributed by atoms with E-state index in [1.165, 1.54) is 10.4 Å². The molecule has 39 heavy (non-hydrogen) atoms. The third kappa shape index (κ3) is 5.59. The van der Waals surface area contributed by atoms with Crippen LogP contribution in [0, 0.1) is 5.82 Å². The van der Waals surface area contributed by atoms with Crippen molar-refractivity contribution in [1.29, 1.82) is 0 Å². The van der Waals surface area contributed by atoms with Gasteiger partial charge in [-0.2, -0.15) is 4.31 Å². The molecule has 1 N–H and O–H groups in total. The molecule has 2 aliphatic rings. The van der Waals surface area contributed by atoms with Gasteiger partial charge in [0.1, 0.15) is 11.1 Å². The average molecular weight is 553 g/mol. The molecule has 1 amide bonds. The number of ether oxygens (including phenoxy) is 1. The van der Waals surface area contributed by atoms with E-state index in [-0.39, 0.29) is 30.6 Å². The molecule has 2 aliphatic heterocycles. The quantitative estimate of drug-likeness (QED) is 0.475. The molecular weight excluding hydrogens is 519 g/mol. The highest BCUT2D eigenvalue weighted by Crippen LogP contribution is 2.39. The van der Waals surface area contributed by atoms with Crippen molar-refractivity contribution in [3.8, 4) is 0 Å². The second kappa shape index (κ2) is 11.5. The number of sulfonamides is 1. The fraction of sp³-hybridized carbons (Fsp3) is 0.414. The Kier molecular flexibility index (Phi) is 8.06. The molecule has 2 fully saturated rings. The maximum absolute atomic E-state index is 15.6. The minimum Gasteiger partial charge on any atom is -0.381 e. The zero-order valence-electron chi connectivity index (χ0n) is 21.9. The van der Waals surface area contributed by atoms with Gasteiger partial charge in [0.2, 0.25) is 15.9 Å². The number of aromatic nitrogens is 2. The molecule has 2 aromatic carbocycles. The van der Waals surface area contributed by atoms with Crippen LogP contribution in [0.15, 0.2) is 67.1 Å². The molecule has 2 atom stereocenters. The largest absolute Gasteiger partial charge is 0.381 e. The van der Waals surface area contributed by atoms with Crippen molar-refractivity contribution in [1.82, 2.24) is 19.6 Å². The summed E-state index contributed by atoms with van der Waals surface area (Å²) in [5, 5.41) is 2.29. The van der Waals surface area contributed by atoms with E-state index in [1.54, 1.807) is 30.7 Å². The number of benzene rings is 2. The van der Waals surface area contributed by atoms with Gasteiger partial charge in [0.25, 0.3) is 0 Å². The predicted octanol–water partition coefficient (Wildman–Crippen LogP) is 4.04. The molecule has 8 nitrogen and oxygen atoms in total. The van der Waals surface area contributed by atoms with Crippen molar-refractivity contribution in [2.45, 2.75) is 62.4 Å². The summed E-state index contributed by atoms with van der Waals surface area (Å²) >= 11 is 0. The van der Waals surface area contributed by atoms with E-state index in [4.69, 9.17) is 4.74 Å². The predicted molar refractivity (Wildman–Crippen MR) is 144 cm³/mol. The summed E-state index contributed by atoms with van der Waals surface area (Å²) in [4.78, 5) is 21.7. The van der Waals surface area contributed by atoms with Crippen LogP contribution in [0.5, 0.6) is 0 Å². The number of halogens is 1. The molecule has 0 saturated carbocycles.